The second-order valence-corrected chi connectivity index (χ2v) is 16.9. The molecule has 4 saturated carbocycles. The molecule has 14 rings (SSSR count). The van der Waals surface area contributed by atoms with Crippen molar-refractivity contribution in [1.29, 1.82) is 0 Å². The van der Waals surface area contributed by atoms with Crippen molar-refractivity contribution in [2.24, 2.45) is 23.7 Å². The molecule has 5 aliphatic rings. The van der Waals surface area contributed by atoms with Gasteiger partial charge in [-0.1, -0.05) is 103 Å². The minimum absolute atomic E-state index is 0.186. The Morgan fingerprint density at radius 1 is 0.426 bits per heavy atom. The van der Waals surface area contributed by atoms with Gasteiger partial charge < -0.3 is 8.98 Å². The van der Waals surface area contributed by atoms with E-state index in [-0.39, 0.29) is 5.41 Å². The molecular formula is C52H39NO. The summed E-state index contributed by atoms with van der Waals surface area (Å²) in [4.78, 5) is 0. The largest absolute Gasteiger partial charge is 0.456 e. The van der Waals surface area contributed by atoms with Gasteiger partial charge in [0.1, 0.15) is 11.2 Å². The predicted octanol–water partition coefficient (Wildman–Crippen LogP) is 13.7. The molecule has 9 aromatic rings. The summed E-state index contributed by atoms with van der Waals surface area (Å²) in [5.41, 5.74) is 16.9. The third-order valence-electron chi connectivity index (χ3n) is 14.4. The Bertz CT molecular complexity index is 2980. The van der Waals surface area contributed by atoms with Crippen molar-refractivity contribution in [3.63, 3.8) is 0 Å². The van der Waals surface area contributed by atoms with Gasteiger partial charge in [-0.05, 0) is 149 Å². The molecule has 7 aromatic carbocycles. The number of furan rings is 1. The molecule has 0 amide bonds. The van der Waals surface area contributed by atoms with Gasteiger partial charge in [-0.3, -0.25) is 0 Å². The van der Waals surface area contributed by atoms with E-state index in [2.05, 4.69) is 144 Å². The van der Waals surface area contributed by atoms with Crippen LogP contribution in [0.5, 0.6) is 0 Å². The van der Waals surface area contributed by atoms with E-state index < -0.39 is 0 Å². The van der Waals surface area contributed by atoms with Crippen molar-refractivity contribution >= 4 is 43.7 Å². The van der Waals surface area contributed by atoms with E-state index in [4.69, 9.17) is 4.42 Å². The molecule has 2 heterocycles. The standard InChI is InChI=1S/C52H39NO/c1-4-10-46-40(7-1)41-20-15-35(29-47(41)52(46)37-24-31-23-32(26-37)27-38(52)25-31)33-13-18-39(19-14-33)53-48-11-5-2-8-42(48)43-21-16-36(30-49(43)53)34-17-22-51-45(28-34)44-9-3-6-12-50(44)54-51/h1-22,28-32,37-38H,23-27H2. The zero-order valence-corrected chi connectivity index (χ0v) is 30.1. The van der Waals surface area contributed by atoms with Crippen LogP contribution in [0.4, 0.5) is 0 Å². The van der Waals surface area contributed by atoms with Crippen LogP contribution in [-0.2, 0) is 5.41 Å². The lowest BCUT2D eigenvalue weighted by Gasteiger charge is -2.61. The van der Waals surface area contributed by atoms with E-state index in [9.17, 15) is 0 Å². The highest BCUT2D eigenvalue weighted by Crippen LogP contribution is 2.69. The van der Waals surface area contributed by atoms with E-state index in [1.165, 1.54) is 93.0 Å². The number of benzene rings is 7. The number of hydrogen-bond donors (Lipinski definition) is 0. The Balaban J connectivity index is 0.925. The van der Waals surface area contributed by atoms with Crippen molar-refractivity contribution in [3.05, 3.63) is 163 Å². The fourth-order valence-electron chi connectivity index (χ4n) is 12.5. The Kier molecular flexibility index (Phi) is 5.83. The van der Waals surface area contributed by atoms with Crippen molar-refractivity contribution in [3.8, 4) is 39.1 Å². The quantitative estimate of drug-likeness (QED) is 0.180. The van der Waals surface area contributed by atoms with Gasteiger partial charge in [0.25, 0.3) is 0 Å². The molecule has 4 fully saturated rings. The van der Waals surface area contributed by atoms with E-state index in [1.54, 1.807) is 11.1 Å². The summed E-state index contributed by atoms with van der Waals surface area (Å²) in [6.45, 7) is 0. The summed E-state index contributed by atoms with van der Waals surface area (Å²) in [5, 5.41) is 4.86. The van der Waals surface area contributed by atoms with Crippen molar-refractivity contribution in [2.75, 3.05) is 0 Å². The summed E-state index contributed by atoms with van der Waals surface area (Å²) in [7, 11) is 0. The highest BCUT2D eigenvalue weighted by Gasteiger charge is 2.61. The third kappa shape index (κ3) is 3.86. The van der Waals surface area contributed by atoms with Crippen LogP contribution in [0.3, 0.4) is 0 Å². The van der Waals surface area contributed by atoms with Gasteiger partial charge >= 0.3 is 0 Å². The second-order valence-electron chi connectivity index (χ2n) is 16.9. The van der Waals surface area contributed by atoms with Crippen LogP contribution in [0.15, 0.2) is 156 Å². The number of aromatic nitrogens is 1. The Morgan fingerprint density at radius 2 is 1.04 bits per heavy atom. The Labute approximate surface area is 314 Å². The lowest BCUT2D eigenvalue weighted by atomic mass is 9.43. The normalized spacial score (nSPS) is 23.6. The molecule has 4 bridgehead atoms. The molecule has 2 aromatic heterocycles. The first-order chi connectivity index (χ1) is 26.7. The van der Waals surface area contributed by atoms with Crippen LogP contribution in [0.25, 0.3) is 82.8 Å². The third-order valence-corrected chi connectivity index (χ3v) is 14.4. The van der Waals surface area contributed by atoms with Gasteiger partial charge in [0.05, 0.1) is 11.0 Å². The molecule has 258 valence electrons. The van der Waals surface area contributed by atoms with Gasteiger partial charge in [-0.15, -0.1) is 0 Å². The molecule has 0 unspecified atom stereocenters. The second kappa shape index (κ2) is 10.6. The molecule has 54 heavy (non-hydrogen) atoms. The molecule has 5 aliphatic carbocycles. The Morgan fingerprint density at radius 3 is 1.89 bits per heavy atom. The average Bonchev–Trinajstić information content (AvgIpc) is 3.85. The lowest BCUT2D eigenvalue weighted by molar-refractivity contribution is -0.0399. The number of para-hydroxylation sites is 2. The average molecular weight is 694 g/mol. The molecule has 0 aliphatic heterocycles. The first kappa shape index (κ1) is 29.6. The van der Waals surface area contributed by atoms with Crippen molar-refractivity contribution < 1.29 is 4.42 Å². The summed E-state index contributed by atoms with van der Waals surface area (Å²) in [5.74, 6) is 3.44. The van der Waals surface area contributed by atoms with Gasteiger partial charge in [0.2, 0.25) is 0 Å². The maximum absolute atomic E-state index is 6.16. The first-order valence-electron chi connectivity index (χ1n) is 20.0. The SMILES string of the molecule is c1ccc2c(c1)-c1ccc(-c3ccc(-n4c5ccccc5c5ccc(-c6ccc7oc8ccccc8c7c6)cc54)cc3)cc1C21C2CC3CC(C2)CC1C3. The molecule has 0 radical (unpaired) electrons. The van der Waals surface area contributed by atoms with E-state index in [0.717, 1.165) is 45.6 Å². The zero-order chi connectivity index (χ0) is 35.1. The minimum atomic E-state index is 0.186. The van der Waals surface area contributed by atoms with Gasteiger partial charge in [-0.2, -0.15) is 0 Å². The number of nitrogens with zero attached hydrogens (tertiary/aromatic N) is 1. The van der Waals surface area contributed by atoms with Crippen LogP contribution < -0.4 is 0 Å². The first-order valence-corrected chi connectivity index (χ1v) is 20.0. The highest BCUT2D eigenvalue weighted by atomic mass is 16.3. The molecule has 0 atom stereocenters. The summed E-state index contributed by atoms with van der Waals surface area (Å²) < 4.78 is 8.61. The predicted molar refractivity (Wildman–Crippen MR) is 222 cm³/mol. The van der Waals surface area contributed by atoms with Crippen LogP contribution >= 0.6 is 0 Å². The lowest BCUT2D eigenvalue weighted by Crippen LogP contribution is -2.55. The monoisotopic (exact) mass is 693 g/mol. The van der Waals surface area contributed by atoms with Crippen molar-refractivity contribution in [2.45, 2.75) is 37.5 Å². The van der Waals surface area contributed by atoms with Gasteiger partial charge in [-0.25, -0.2) is 0 Å². The zero-order valence-electron chi connectivity index (χ0n) is 30.1. The van der Waals surface area contributed by atoms with Crippen LogP contribution in [-0.4, -0.2) is 4.57 Å². The van der Waals surface area contributed by atoms with Gasteiger partial charge in [0, 0.05) is 32.6 Å². The maximum atomic E-state index is 6.16. The topological polar surface area (TPSA) is 18.1 Å². The van der Waals surface area contributed by atoms with Gasteiger partial charge in [0.15, 0.2) is 0 Å². The smallest absolute Gasteiger partial charge is 0.135 e. The molecule has 2 nitrogen and oxygen atoms in total. The van der Waals surface area contributed by atoms with Crippen molar-refractivity contribution in [1.82, 2.24) is 4.57 Å². The van der Waals surface area contributed by atoms with Crippen LogP contribution in [0.1, 0.15) is 43.2 Å². The van der Waals surface area contributed by atoms with Crippen LogP contribution in [0.2, 0.25) is 0 Å². The molecule has 0 saturated heterocycles. The molecule has 1 spiro atoms. The molecule has 0 N–H and O–H groups in total. The number of rotatable bonds is 3. The maximum Gasteiger partial charge on any atom is 0.135 e. The van der Waals surface area contributed by atoms with Crippen LogP contribution in [0, 0.1) is 23.7 Å². The van der Waals surface area contributed by atoms with E-state index in [0.29, 0.717) is 0 Å². The summed E-state index contributed by atoms with van der Waals surface area (Å²) in [6, 6.07) is 56.9. The summed E-state index contributed by atoms with van der Waals surface area (Å²) in [6.07, 6.45) is 7.13. The fraction of sp³-hybridized carbons (Fsp3) is 0.192. The van der Waals surface area contributed by atoms with E-state index in [1.807, 2.05) is 12.1 Å². The minimum Gasteiger partial charge on any atom is -0.456 e. The Hall–Kier alpha value is -5.86. The molecular weight excluding hydrogens is 655 g/mol. The fourth-order valence-corrected chi connectivity index (χ4v) is 12.5. The van der Waals surface area contributed by atoms with E-state index >= 15 is 0 Å². The summed E-state index contributed by atoms with van der Waals surface area (Å²) >= 11 is 0. The number of fused-ring (bicyclic) bond motifs is 9. The highest BCUT2D eigenvalue weighted by molar-refractivity contribution is 6.11. The molecule has 2 heteroatoms. The number of hydrogen-bond acceptors (Lipinski definition) is 1.